The van der Waals surface area contributed by atoms with E-state index in [-0.39, 0.29) is 12.5 Å². The molecular formula is C18H18BrN3O3. The topological polar surface area (TPSA) is 79.8 Å². The van der Waals surface area contributed by atoms with Gasteiger partial charge in [-0.2, -0.15) is 5.10 Å². The third kappa shape index (κ3) is 6.39. The maximum atomic E-state index is 12.0. The monoisotopic (exact) mass is 403 g/mol. The molecule has 0 saturated heterocycles. The number of halogens is 1. The Morgan fingerprint density at radius 1 is 1.20 bits per heavy atom. The Hall–Kier alpha value is -2.67. The Morgan fingerprint density at radius 2 is 1.96 bits per heavy atom. The zero-order valence-corrected chi connectivity index (χ0v) is 15.2. The maximum absolute atomic E-state index is 12.0. The molecule has 0 bridgehead atoms. The third-order valence-electron chi connectivity index (χ3n) is 3.09. The van der Waals surface area contributed by atoms with Crippen LogP contribution < -0.4 is 15.5 Å². The molecule has 0 saturated carbocycles. The van der Waals surface area contributed by atoms with Crippen LogP contribution in [0.15, 0.2) is 58.1 Å². The summed E-state index contributed by atoms with van der Waals surface area (Å²) in [5, 5.41) is 6.39. The molecule has 2 N–H and O–H groups in total. The number of benzene rings is 2. The van der Waals surface area contributed by atoms with Crippen LogP contribution in [0.5, 0.6) is 5.75 Å². The fourth-order valence-electron chi connectivity index (χ4n) is 1.94. The smallest absolute Gasteiger partial charge is 0.259 e. The van der Waals surface area contributed by atoms with Gasteiger partial charge in [0.15, 0.2) is 0 Å². The van der Waals surface area contributed by atoms with E-state index in [4.69, 9.17) is 4.74 Å². The van der Waals surface area contributed by atoms with Gasteiger partial charge in [0.1, 0.15) is 5.75 Å². The summed E-state index contributed by atoms with van der Waals surface area (Å²) in [6.45, 7) is 2.28. The molecule has 0 aliphatic rings. The van der Waals surface area contributed by atoms with Crippen molar-refractivity contribution >= 4 is 34.0 Å². The zero-order valence-electron chi connectivity index (χ0n) is 13.7. The summed E-state index contributed by atoms with van der Waals surface area (Å²) in [5.41, 5.74) is 3.66. The van der Waals surface area contributed by atoms with Crippen LogP contribution in [-0.4, -0.2) is 31.2 Å². The highest BCUT2D eigenvalue weighted by molar-refractivity contribution is 9.10. The van der Waals surface area contributed by atoms with Crippen molar-refractivity contribution in [3.05, 3.63) is 64.1 Å². The molecule has 2 amide bonds. The van der Waals surface area contributed by atoms with Crippen LogP contribution in [0, 0.1) is 0 Å². The van der Waals surface area contributed by atoms with Crippen molar-refractivity contribution in [2.24, 2.45) is 5.10 Å². The molecule has 0 fully saturated rings. The van der Waals surface area contributed by atoms with Crippen LogP contribution in [0.3, 0.4) is 0 Å². The minimum Gasteiger partial charge on any atom is -0.494 e. The van der Waals surface area contributed by atoms with E-state index in [1.165, 1.54) is 6.21 Å². The minimum atomic E-state index is -0.412. The first-order valence-corrected chi connectivity index (χ1v) is 8.46. The number of hydrogen-bond acceptors (Lipinski definition) is 4. The van der Waals surface area contributed by atoms with E-state index in [0.29, 0.717) is 17.9 Å². The first-order chi connectivity index (χ1) is 12.1. The molecule has 25 heavy (non-hydrogen) atoms. The molecule has 0 aliphatic heterocycles. The van der Waals surface area contributed by atoms with Gasteiger partial charge in [0.2, 0.25) is 0 Å². The second-order valence-electron chi connectivity index (χ2n) is 4.99. The van der Waals surface area contributed by atoms with E-state index in [2.05, 4.69) is 31.8 Å². The highest BCUT2D eigenvalue weighted by atomic mass is 79.9. The predicted octanol–water partition coefficient (Wildman–Crippen LogP) is 2.73. The summed E-state index contributed by atoms with van der Waals surface area (Å²) in [7, 11) is 0. The van der Waals surface area contributed by atoms with Crippen LogP contribution in [0.1, 0.15) is 22.8 Å². The van der Waals surface area contributed by atoms with Crippen molar-refractivity contribution in [2.45, 2.75) is 6.92 Å². The van der Waals surface area contributed by atoms with Gasteiger partial charge in [0.25, 0.3) is 11.8 Å². The molecule has 0 heterocycles. The molecule has 2 aromatic carbocycles. The number of carbonyl (C=O) groups excluding carboxylic acids is 2. The van der Waals surface area contributed by atoms with Crippen molar-refractivity contribution in [1.29, 1.82) is 0 Å². The molecule has 130 valence electrons. The first kappa shape index (κ1) is 18.7. The Morgan fingerprint density at radius 3 is 2.64 bits per heavy atom. The molecule has 6 nitrogen and oxygen atoms in total. The Bertz CT molecular complexity index is 760. The van der Waals surface area contributed by atoms with Crippen molar-refractivity contribution in [3.63, 3.8) is 0 Å². The Labute approximate surface area is 154 Å². The lowest BCUT2D eigenvalue weighted by Crippen LogP contribution is -2.34. The molecule has 0 spiro atoms. The average Bonchev–Trinajstić information content (AvgIpc) is 2.61. The number of hydrogen-bond donors (Lipinski definition) is 2. The van der Waals surface area contributed by atoms with E-state index in [9.17, 15) is 9.59 Å². The van der Waals surface area contributed by atoms with Crippen LogP contribution in [0.4, 0.5) is 0 Å². The number of nitrogens with one attached hydrogen (secondary N) is 2. The van der Waals surface area contributed by atoms with Crippen LogP contribution in [-0.2, 0) is 4.79 Å². The van der Waals surface area contributed by atoms with Crippen LogP contribution in [0.25, 0.3) is 0 Å². The fourth-order valence-corrected chi connectivity index (χ4v) is 2.35. The summed E-state index contributed by atoms with van der Waals surface area (Å²) in [6.07, 6.45) is 1.52. The van der Waals surface area contributed by atoms with Gasteiger partial charge in [0, 0.05) is 10.0 Å². The Kier molecular flexibility index (Phi) is 7.16. The zero-order chi connectivity index (χ0) is 18.1. The summed E-state index contributed by atoms with van der Waals surface area (Å²) >= 11 is 3.35. The maximum Gasteiger partial charge on any atom is 0.259 e. The molecule has 0 unspecified atom stereocenters. The van der Waals surface area contributed by atoms with Gasteiger partial charge in [-0.3, -0.25) is 9.59 Å². The van der Waals surface area contributed by atoms with Crippen molar-refractivity contribution in [1.82, 2.24) is 10.7 Å². The van der Waals surface area contributed by atoms with Crippen LogP contribution >= 0.6 is 15.9 Å². The van der Waals surface area contributed by atoms with Gasteiger partial charge >= 0.3 is 0 Å². The summed E-state index contributed by atoms with van der Waals surface area (Å²) in [5.74, 6) is -0.0571. The molecule has 0 atom stereocenters. The van der Waals surface area contributed by atoms with Crippen molar-refractivity contribution in [3.8, 4) is 5.75 Å². The third-order valence-corrected chi connectivity index (χ3v) is 3.58. The number of hydrazone groups is 1. The lowest BCUT2D eigenvalue weighted by molar-refractivity contribution is -0.120. The van der Waals surface area contributed by atoms with Gasteiger partial charge in [-0.05, 0) is 48.9 Å². The largest absolute Gasteiger partial charge is 0.494 e. The summed E-state index contributed by atoms with van der Waals surface area (Å²) in [4.78, 5) is 23.7. The average molecular weight is 404 g/mol. The summed E-state index contributed by atoms with van der Waals surface area (Å²) in [6, 6.07) is 14.2. The summed E-state index contributed by atoms with van der Waals surface area (Å²) < 4.78 is 6.23. The number of carbonyl (C=O) groups is 2. The molecule has 0 radical (unpaired) electrons. The molecule has 7 heteroatoms. The SMILES string of the molecule is CCOc1ccc(C(=O)NCC(=O)N/N=C\c2cccc(Br)c2)cc1. The lowest BCUT2D eigenvalue weighted by atomic mass is 10.2. The quantitative estimate of drug-likeness (QED) is 0.550. The Balaban J connectivity index is 1.78. The van der Waals surface area contributed by atoms with Crippen LogP contribution in [0.2, 0.25) is 0 Å². The predicted molar refractivity (Wildman–Crippen MR) is 99.8 cm³/mol. The van der Waals surface area contributed by atoms with Gasteiger partial charge < -0.3 is 10.1 Å². The molecule has 0 aromatic heterocycles. The number of amides is 2. The van der Waals surface area contributed by atoms with Crippen molar-refractivity contribution < 1.29 is 14.3 Å². The first-order valence-electron chi connectivity index (χ1n) is 7.67. The van der Waals surface area contributed by atoms with Crippen molar-refractivity contribution in [2.75, 3.05) is 13.2 Å². The van der Waals surface area contributed by atoms with E-state index in [0.717, 1.165) is 10.0 Å². The lowest BCUT2D eigenvalue weighted by Gasteiger charge is -2.06. The molecule has 2 rings (SSSR count). The van der Waals surface area contributed by atoms with Gasteiger partial charge in [-0.15, -0.1) is 0 Å². The van der Waals surface area contributed by atoms with Gasteiger partial charge in [-0.25, -0.2) is 5.43 Å². The van der Waals surface area contributed by atoms with Gasteiger partial charge in [0.05, 0.1) is 19.4 Å². The standard InChI is InChI=1S/C18H18BrN3O3/c1-2-25-16-8-6-14(7-9-16)18(24)20-12-17(23)22-21-11-13-4-3-5-15(19)10-13/h3-11H,2,12H2,1H3,(H,20,24)(H,22,23)/b21-11-. The van der Waals surface area contributed by atoms with E-state index < -0.39 is 5.91 Å². The van der Waals surface area contributed by atoms with E-state index in [1.54, 1.807) is 24.3 Å². The fraction of sp³-hybridized carbons (Fsp3) is 0.167. The number of ether oxygens (including phenoxy) is 1. The molecule has 2 aromatic rings. The number of rotatable bonds is 7. The number of nitrogens with zero attached hydrogens (tertiary/aromatic N) is 1. The van der Waals surface area contributed by atoms with E-state index in [1.807, 2.05) is 31.2 Å². The second kappa shape index (κ2) is 9.58. The second-order valence-corrected chi connectivity index (χ2v) is 5.90. The normalized spacial score (nSPS) is 10.5. The van der Waals surface area contributed by atoms with E-state index >= 15 is 0 Å². The molecule has 0 aliphatic carbocycles. The van der Waals surface area contributed by atoms with Gasteiger partial charge in [-0.1, -0.05) is 28.1 Å². The molecular weight excluding hydrogens is 386 g/mol. The highest BCUT2D eigenvalue weighted by Crippen LogP contribution is 2.12. The minimum absolute atomic E-state index is 0.165. The highest BCUT2D eigenvalue weighted by Gasteiger charge is 2.07.